The zero-order valence-electron chi connectivity index (χ0n) is 15.4. The predicted molar refractivity (Wildman–Crippen MR) is 101 cm³/mol. The maximum atomic E-state index is 12.2. The normalized spacial score (nSPS) is 10.9. The smallest absolute Gasteiger partial charge is 0.269 e. The molecule has 25 heavy (non-hydrogen) atoms. The van der Waals surface area contributed by atoms with Crippen molar-refractivity contribution in [3.63, 3.8) is 0 Å². The maximum absolute atomic E-state index is 12.2. The highest BCUT2D eigenvalue weighted by molar-refractivity contribution is 5.99. The Morgan fingerprint density at radius 3 is 1.92 bits per heavy atom. The Morgan fingerprint density at radius 2 is 1.40 bits per heavy atom. The van der Waals surface area contributed by atoms with Gasteiger partial charge in [0.1, 0.15) is 0 Å². The van der Waals surface area contributed by atoms with E-state index in [1.807, 2.05) is 37.2 Å². The van der Waals surface area contributed by atoms with Crippen LogP contribution in [0.25, 0.3) is 0 Å². The van der Waals surface area contributed by atoms with Crippen molar-refractivity contribution in [2.24, 2.45) is 0 Å². The number of benzene rings is 2. The van der Waals surface area contributed by atoms with Gasteiger partial charge in [-0.15, -0.1) is 0 Å². The molecule has 2 aromatic carbocycles. The quantitative estimate of drug-likeness (QED) is 0.845. The highest BCUT2D eigenvalue weighted by Crippen LogP contribution is 2.22. The molecule has 0 aromatic heterocycles. The van der Waals surface area contributed by atoms with Gasteiger partial charge in [0.25, 0.3) is 11.8 Å². The second kappa shape index (κ2) is 7.38. The third kappa shape index (κ3) is 4.83. The first-order valence-corrected chi connectivity index (χ1v) is 8.17. The molecule has 0 aliphatic carbocycles. The summed E-state index contributed by atoms with van der Waals surface area (Å²) in [6.45, 7) is 6.35. The molecule has 2 amide bonds. The van der Waals surface area contributed by atoms with Crippen LogP contribution in [0.5, 0.6) is 0 Å². The van der Waals surface area contributed by atoms with Crippen LogP contribution in [0.4, 0.5) is 5.69 Å². The van der Waals surface area contributed by atoms with Crippen LogP contribution < -0.4 is 15.8 Å². The monoisotopic (exact) mass is 339 g/mol. The van der Waals surface area contributed by atoms with Gasteiger partial charge < -0.3 is 4.90 Å². The molecule has 0 radical (unpaired) electrons. The van der Waals surface area contributed by atoms with Crippen LogP contribution in [0, 0.1) is 0 Å². The first-order valence-electron chi connectivity index (χ1n) is 8.17. The summed E-state index contributed by atoms with van der Waals surface area (Å²) in [6, 6.07) is 14.5. The minimum Gasteiger partial charge on any atom is -0.378 e. The van der Waals surface area contributed by atoms with Crippen LogP contribution in [0.1, 0.15) is 47.1 Å². The summed E-state index contributed by atoms with van der Waals surface area (Å²) in [7, 11) is 3.81. The molecule has 2 N–H and O–H groups in total. The highest BCUT2D eigenvalue weighted by atomic mass is 16.2. The second-order valence-electron chi connectivity index (χ2n) is 7.18. The molecule has 0 aliphatic rings. The summed E-state index contributed by atoms with van der Waals surface area (Å²) < 4.78 is 0. The summed E-state index contributed by atoms with van der Waals surface area (Å²) in [4.78, 5) is 26.3. The summed E-state index contributed by atoms with van der Waals surface area (Å²) >= 11 is 0. The Labute approximate surface area is 149 Å². The van der Waals surface area contributed by atoms with Crippen LogP contribution >= 0.6 is 0 Å². The first-order chi connectivity index (χ1) is 11.7. The number of carbonyl (C=O) groups is 2. The third-order valence-electron chi connectivity index (χ3n) is 3.93. The number of hydrogen-bond donors (Lipinski definition) is 2. The maximum Gasteiger partial charge on any atom is 0.269 e. The molecule has 2 aromatic rings. The topological polar surface area (TPSA) is 61.4 Å². The van der Waals surface area contributed by atoms with Gasteiger partial charge in [-0.05, 0) is 41.3 Å². The Morgan fingerprint density at radius 1 is 0.840 bits per heavy atom. The van der Waals surface area contributed by atoms with E-state index in [0.29, 0.717) is 11.1 Å². The number of hydrazine groups is 1. The molecule has 0 saturated carbocycles. The fraction of sp³-hybridized carbons (Fsp3) is 0.300. The van der Waals surface area contributed by atoms with E-state index in [-0.39, 0.29) is 17.2 Å². The number of carbonyl (C=O) groups excluding carboxylic acids is 2. The molecule has 132 valence electrons. The van der Waals surface area contributed by atoms with Crippen molar-refractivity contribution in [2.75, 3.05) is 19.0 Å². The summed E-state index contributed by atoms with van der Waals surface area (Å²) in [5.74, 6) is -0.707. The average molecular weight is 339 g/mol. The summed E-state index contributed by atoms with van der Waals surface area (Å²) in [5, 5.41) is 0. The van der Waals surface area contributed by atoms with Gasteiger partial charge in [0.05, 0.1) is 0 Å². The second-order valence-corrected chi connectivity index (χ2v) is 7.18. The van der Waals surface area contributed by atoms with E-state index in [9.17, 15) is 9.59 Å². The number of amides is 2. The van der Waals surface area contributed by atoms with E-state index in [1.54, 1.807) is 30.3 Å². The van der Waals surface area contributed by atoms with Crippen molar-refractivity contribution in [1.29, 1.82) is 0 Å². The summed E-state index contributed by atoms with van der Waals surface area (Å²) in [6.07, 6.45) is 0. The first kappa shape index (κ1) is 18.5. The van der Waals surface area contributed by atoms with Gasteiger partial charge in [-0.25, -0.2) is 0 Å². The molecule has 0 saturated heterocycles. The van der Waals surface area contributed by atoms with Crippen molar-refractivity contribution in [1.82, 2.24) is 10.9 Å². The van der Waals surface area contributed by atoms with Crippen molar-refractivity contribution in [2.45, 2.75) is 26.2 Å². The van der Waals surface area contributed by atoms with Gasteiger partial charge in [-0.3, -0.25) is 20.4 Å². The van der Waals surface area contributed by atoms with Crippen LogP contribution in [0.15, 0.2) is 48.5 Å². The number of hydrogen-bond acceptors (Lipinski definition) is 3. The lowest BCUT2D eigenvalue weighted by molar-refractivity contribution is 0.0846. The minimum atomic E-state index is -0.358. The number of anilines is 1. The lowest BCUT2D eigenvalue weighted by atomic mass is 9.87. The molecular weight excluding hydrogens is 314 g/mol. The number of nitrogens with zero attached hydrogens (tertiary/aromatic N) is 1. The Bertz CT molecular complexity index is 759. The Hall–Kier alpha value is -2.82. The molecule has 0 spiro atoms. The molecule has 2 rings (SSSR count). The van der Waals surface area contributed by atoms with Crippen LogP contribution in [0.3, 0.4) is 0 Å². The van der Waals surface area contributed by atoms with E-state index in [0.717, 1.165) is 11.3 Å². The van der Waals surface area contributed by atoms with Gasteiger partial charge in [-0.1, -0.05) is 39.0 Å². The predicted octanol–water partition coefficient (Wildman–Crippen LogP) is 3.12. The van der Waals surface area contributed by atoms with Crippen LogP contribution in [-0.4, -0.2) is 25.9 Å². The molecule has 0 bridgehead atoms. The zero-order chi connectivity index (χ0) is 18.6. The average Bonchev–Trinajstić information content (AvgIpc) is 2.58. The Kier molecular flexibility index (Phi) is 5.47. The molecule has 0 unspecified atom stereocenters. The third-order valence-corrected chi connectivity index (χ3v) is 3.93. The van der Waals surface area contributed by atoms with Crippen LogP contribution in [-0.2, 0) is 5.41 Å². The van der Waals surface area contributed by atoms with Crippen molar-refractivity contribution in [3.05, 3.63) is 65.2 Å². The molecule has 0 aliphatic heterocycles. The van der Waals surface area contributed by atoms with Gasteiger partial charge in [0, 0.05) is 30.9 Å². The fourth-order valence-corrected chi connectivity index (χ4v) is 2.30. The Balaban J connectivity index is 2.00. The van der Waals surface area contributed by atoms with Crippen molar-refractivity contribution < 1.29 is 9.59 Å². The van der Waals surface area contributed by atoms with Gasteiger partial charge in [0.15, 0.2) is 0 Å². The van der Waals surface area contributed by atoms with E-state index in [2.05, 4.69) is 31.6 Å². The highest BCUT2D eigenvalue weighted by Gasteiger charge is 2.15. The fourth-order valence-electron chi connectivity index (χ4n) is 2.30. The van der Waals surface area contributed by atoms with Crippen LogP contribution in [0.2, 0.25) is 0 Å². The van der Waals surface area contributed by atoms with E-state index in [1.165, 1.54) is 0 Å². The lowest BCUT2D eigenvalue weighted by Crippen LogP contribution is -2.41. The zero-order valence-corrected chi connectivity index (χ0v) is 15.4. The number of rotatable bonds is 3. The molecule has 0 heterocycles. The molecule has 0 fully saturated rings. The standard InChI is InChI=1S/C20H25N3O2/c1-20(2,3)16-11-9-14(10-12-16)18(24)21-22-19(25)15-7-6-8-17(13-15)23(4)5/h6-13H,1-5H3,(H,21,24)(H,22,25). The number of nitrogens with one attached hydrogen (secondary N) is 2. The molecule has 0 atom stereocenters. The molecule has 5 heteroatoms. The van der Waals surface area contributed by atoms with E-state index in [4.69, 9.17) is 0 Å². The van der Waals surface area contributed by atoms with E-state index >= 15 is 0 Å². The van der Waals surface area contributed by atoms with E-state index < -0.39 is 0 Å². The van der Waals surface area contributed by atoms with Gasteiger partial charge in [0.2, 0.25) is 0 Å². The minimum absolute atomic E-state index is 0.0284. The SMILES string of the molecule is CN(C)c1cccc(C(=O)NNC(=O)c2ccc(C(C)(C)C)cc2)c1. The largest absolute Gasteiger partial charge is 0.378 e. The molecular formula is C20H25N3O2. The molecule has 5 nitrogen and oxygen atoms in total. The lowest BCUT2D eigenvalue weighted by Gasteiger charge is -2.19. The van der Waals surface area contributed by atoms with Gasteiger partial charge >= 0.3 is 0 Å². The van der Waals surface area contributed by atoms with Crippen molar-refractivity contribution in [3.8, 4) is 0 Å². The summed E-state index contributed by atoms with van der Waals surface area (Å²) in [5.41, 5.74) is 7.97. The van der Waals surface area contributed by atoms with Crippen molar-refractivity contribution >= 4 is 17.5 Å². The van der Waals surface area contributed by atoms with Gasteiger partial charge in [-0.2, -0.15) is 0 Å².